The van der Waals surface area contributed by atoms with Crippen LogP contribution in [0.3, 0.4) is 0 Å². The third-order valence-corrected chi connectivity index (χ3v) is 5.72. The van der Waals surface area contributed by atoms with Crippen LogP contribution in [-0.2, 0) is 0 Å². The molecular formula is C21H23N5O3. The number of amides is 2. The molecule has 5 rings (SSSR count). The molecular weight excluding hydrogens is 370 g/mol. The molecule has 1 fully saturated rings. The van der Waals surface area contributed by atoms with Crippen molar-refractivity contribution in [2.45, 2.75) is 31.7 Å². The second-order valence-electron chi connectivity index (χ2n) is 7.53. The summed E-state index contributed by atoms with van der Waals surface area (Å²) in [6, 6.07) is 11.5. The molecule has 0 spiro atoms. The number of rotatable bonds is 3. The molecule has 4 heterocycles. The monoisotopic (exact) mass is 393 g/mol. The number of urea groups is 1. The predicted molar refractivity (Wildman–Crippen MR) is 106 cm³/mol. The fraction of sp³-hybridized carbons (Fsp3) is 0.381. The van der Waals surface area contributed by atoms with E-state index < -0.39 is 0 Å². The first kappa shape index (κ1) is 17.8. The van der Waals surface area contributed by atoms with Crippen LogP contribution in [-0.4, -0.2) is 45.4 Å². The van der Waals surface area contributed by atoms with E-state index in [1.165, 1.54) is 0 Å². The van der Waals surface area contributed by atoms with Gasteiger partial charge in [-0.05, 0) is 49.6 Å². The van der Waals surface area contributed by atoms with Gasteiger partial charge in [0.05, 0.1) is 6.04 Å². The number of ether oxygens (including phenoxy) is 2. The summed E-state index contributed by atoms with van der Waals surface area (Å²) >= 11 is 0. The highest BCUT2D eigenvalue weighted by Crippen LogP contribution is 2.34. The van der Waals surface area contributed by atoms with Gasteiger partial charge in [-0.1, -0.05) is 12.1 Å². The summed E-state index contributed by atoms with van der Waals surface area (Å²) in [5.41, 5.74) is 1.85. The summed E-state index contributed by atoms with van der Waals surface area (Å²) < 4.78 is 12.8. The molecule has 0 radical (unpaired) electrons. The number of likely N-dealkylation sites (tertiary alicyclic amines) is 1. The van der Waals surface area contributed by atoms with E-state index in [0.29, 0.717) is 19.0 Å². The van der Waals surface area contributed by atoms with E-state index in [4.69, 9.17) is 9.47 Å². The fourth-order valence-electron chi connectivity index (χ4n) is 4.02. The molecule has 2 aliphatic heterocycles. The minimum absolute atomic E-state index is 0.0419. The van der Waals surface area contributed by atoms with Crippen LogP contribution < -0.4 is 14.8 Å². The van der Waals surface area contributed by atoms with Crippen molar-refractivity contribution >= 4 is 11.7 Å². The van der Waals surface area contributed by atoms with Crippen molar-refractivity contribution in [3.05, 3.63) is 54.0 Å². The molecule has 0 saturated carbocycles. The van der Waals surface area contributed by atoms with Crippen molar-refractivity contribution < 1.29 is 14.3 Å². The Hall–Kier alpha value is -3.29. The van der Waals surface area contributed by atoms with Crippen molar-refractivity contribution in [3.63, 3.8) is 0 Å². The Morgan fingerprint density at radius 2 is 1.97 bits per heavy atom. The molecule has 3 aromatic rings. The van der Waals surface area contributed by atoms with E-state index in [-0.39, 0.29) is 18.9 Å². The number of nitrogens with zero attached hydrogens (tertiary/aromatic N) is 4. The lowest BCUT2D eigenvalue weighted by atomic mass is 9.96. The molecule has 1 N–H and O–H groups in total. The molecule has 1 aromatic carbocycles. The maximum absolute atomic E-state index is 12.7. The van der Waals surface area contributed by atoms with Crippen LogP contribution in [0.15, 0.2) is 42.6 Å². The van der Waals surface area contributed by atoms with Gasteiger partial charge in [0.1, 0.15) is 5.82 Å². The van der Waals surface area contributed by atoms with Crippen LogP contribution in [0.5, 0.6) is 11.5 Å². The average molecular weight is 393 g/mol. The summed E-state index contributed by atoms with van der Waals surface area (Å²) in [7, 11) is 0. The number of fused-ring (bicyclic) bond motifs is 2. The molecule has 8 nitrogen and oxygen atoms in total. The zero-order valence-corrected chi connectivity index (χ0v) is 16.2. The first-order valence-electron chi connectivity index (χ1n) is 9.93. The Morgan fingerprint density at radius 3 is 2.83 bits per heavy atom. The van der Waals surface area contributed by atoms with E-state index in [9.17, 15) is 4.79 Å². The van der Waals surface area contributed by atoms with Gasteiger partial charge in [0.15, 0.2) is 17.1 Å². The Bertz CT molecular complexity index is 1040. The summed E-state index contributed by atoms with van der Waals surface area (Å²) in [4.78, 5) is 14.6. The molecule has 2 aromatic heterocycles. The van der Waals surface area contributed by atoms with Crippen LogP contribution in [0, 0.1) is 0 Å². The van der Waals surface area contributed by atoms with Gasteiger partial charge in [0.25, 0.3) is 0 Å². The van der Waals surface area contributed by atoms with Crippen LogP contribution in [0.4, 0.5) is 4.79 Å². The van der Waals surface area contributed by atoms with E-state index in [2.05, 4.69) is 15.5 Å². The second-order valence-corrected chi connectivity index (χ2v) is 7.53. The smallest absolute Gasteiger partial charge is 0.317 e. The standard InChI is InChI=1S/C21H23N5O3/c1-14(16-5-6-17-18(12-16)29-13-28-17)22-21(27)25-10-7-15(8-11-25)20-24-23-19-4-2-3-9-26(19)20/h2-6,9,12,14-15H,7-8,10-11,13H2,1H3,(H,22,27). The number of aromatic nitrogens is 3. The number of pyridine rings is 1. The van der Waals surface area contributed by atoms with Crippen LogP contribution >= 0.6 is 0 Å². The van der Waals surface area contributed by atoms with Crippen LogP contribution in [0.25, 0.3) is 5.65 Å². The van der Waals surface area contributed by atoms with Crippen LogP contribution in [0.2, 0.25) is 0 Å². The number of nitrogens with one attached hydrogen (secondary N) is 1. The lowest BCUT2D eigenvalue weighted by Crippen LogP contribution is -2.45. The Balaban J connectivity index is 1.20. The van der Waals surface area contributed by atoms with Gasteiger partial charge in [0.2, 0.25) is 6.79 Å². The number of hydrogen-bond acceptors (Lipinski definition) is 5. The first-order valence-corrected chi connectivity index (χ1v) is 9.93. The predicted octanol–water partition coefficient (Wildman–Crippen LogP) is 3.11. The normalized spacial score (nSPS) is 17.5. The Morgan fingerprint density at radius 1 is 1.14 bits per heavy atom. The third kappa shape index (κ3) is 3.35. The van der Waals surface area contributed by atoms with Crippen LogP contribution in [0.1, 0.15) is 43.1 Å². The highest BCUT2D eigenvalue weighted by molar-refractivity contribution is 5.75. The first-order chi connectivity index (χ1) is 14.2. The van der Waals surface area contributed by atoms with Crippen molar-refractivity contribution in [1.29, 1.82) is 0 Å². The molecule has 0 aliphatic carbocycles. The summed E-state index contributed by atoms with van der Waals surface area (Å²) in [6.07, 6.45) is 3.75. The zero-order valence-electron chi connectivity index (χ0n) is 16.2. The summed E-state index contributed by atoms with van der Waals surface area (Å²) in [6.45, 7) is 3.62. The molecule has 29 heavy (non-hydrogen) atoms. The highest BCUT2D eigenvalue weighted by atomic mass is 16.7. The maximum atomic E-state index is 12.7. The highest BCUT2D eigenvalue weighted by Gasteiger charge is 2.27. The quantitative estimate of drug-likeness (QED) is 0.740. The van der Waals surface area contributed by atoms with E-state index in [1.807, 2.05) is 58.8 Å². The number of hydrogen-bond donors (Lipinski definition) is 1. The van der Waals surface area contributed by atoms with Crippen molar-refractivity contribution in [1.82, 2.24) is 24.8 Å². The molecule has 8 heteroatoms. The minimum atomic E-state index is -0.116. The van der Waals surface area contributed by atoms with Gasteiger partial charge < -0.3 is 19.7 Å². The Kier molecular flexibility index (Phi) is 4.46. The molecule has 2 aliphatic rings. The van der Waals surface area contributed by atoms with Gasteiger partial charge in [0, 0.05) is 25.2 Å². The third-order valence-electron chi connectivity index (χ3n) is 5.72. The minimum Gasteiger partial charge on any atom is -0.454 e. The lowest BCUT2D eigenvalue weighted by Gasteiger charge is -2.32. The average Bonchev–Trinajstić information content (AvgIpc) is 3.40. The molecule has 1 saturated heterocycles. The zero-order chi connectivity index (χ0) is 19.8. The van der Waals surface area contributed by atoms with E-state index in [1.54, 1.807) is 0 Å². The lowest BCUT2D eigenvalue weighted by molar-refractivity contribution is 0.173. The topological polar surface area (TPSA) is 81.0 Å². The number of carbonyl (C=O) groups is 1. The van der Waals surface area contributed by atoms with E-state index in [0.717, 1.165) is 41.4 Å². The molecule has 2 amide bonds. The van der Waals surface area contributed by atoms with E-state index >= 15 is 0 Å². The van der Waals surface area contributed by atoms with Gasteiger partial charge in [-0.2, -0.15) is 0 Å². The number of carbonyl (C=O) groups excluding carboxylic acids is 1. The molecule has 1 atom stereocenters. The largest absolute Gasteiger partial charge is 0.454 e. The fourth-order valence-corrected chi connectivity index (χ4v) is 4.02. The molecule has 150 valence electrons. The summed E-state index contributed by atoms with van der Waals surface area (Å²) in [5, 5.41) is 11.7. The van der Waals surface area contributed by atoms with Gasteiger partial charge in [-0.3, -0.25) is 4.40 Å². The SMILES string of the molecule is CC(NC(=O)N1CCC(c2nnc3ccccn23)CC1)c1ccc2c(c1)OCO2. The van der Waals surface area contributed by atoms with Gasteiger partial charge in [-0.25, -0.2) is 4.79 Å². The van der Waals surface area contributed by atoms with Crippen molar-refractivity contribution in [3.8, 4) is 11.5 Å². The van der Waals surface area contributed by atoms with Crippen molar-refractivity contribution in [2.75, 3.05) is 19.9 Å². The van der Waals surface area contributed by atoms with Crippen molar-refractivity contribution in [2.24, 2.45) is 0 Å². The maximum Gasteiger partial charge on any atom is 0.317 e. The Labute approximate surface area is 168 Å². The van der Waals surface area contributed by atoms with Gasteiger partial charge >= 0.3 is 6.03 Å². The second kappa shape index (κ2) is 7.27. The number of benzene rings is 1. The summed E-state index contributed by atoms with van der Waals surface area (Å²) in [5.74, 6) is 2.76. The molecule has 1 unspecified atom stereocenters. The van der Waals surface area contributed by atoms with Gasteiger partial charge in [-0.15, -0.1) is 10.2 Å². The number of piperidine rings is 1. The molecule has 0 bridgehead atoms.